The van der Waals surface area contributed by atoms with E-state index in [1.165, 1.54) is 21.1 Å². The first-order valence-corrected chi connectivity index (χ1v) is 19.9. The number of aromatic nitrogens is 2. The lowest BCUT2D eigenvalue weighted by molar-refractivity contribution is -0.198. The molecule has 1 amide bonds. The average Bonchev–Trinajstić information content (AvgIpc) is 3.62. The van der Waals surface area contributed by atoms with Crippen molar-refractivity contribution in [1.29, 1.82) is 0 Å². The number of ether oxygens (including phenoxy) is 2. The number of hydrogen-bond donors (Lipinski definition) is 2. The van der Waals surface area contributed by atoms with Crippen molar-refractivity contribution in [3.63, 3.8) is 0 Å². The molecule has 0 bridgehead atoms. The van der Waals surface area contributed by atoms with Gasteiger partial charge in [-0.2, -0.15) is 13.2 Å². The molecule has 1 fully saturated rings. The van der Waals surface area contributed by atoms with Crippen molar-refractivity contribution >= 4 is 50.3 Å². The van der Waals surface area contributed by atoms with Gasteiger partial charge in [0.15, 0.2) is 10.8 Å². The Morgan fingerprint density at radius 3 is 2.55 bits per heavy atom. The number of halogens is 3. The average molecular weight is 817 g/mol. The number of pyridine rings is 1. The Bertz CT molecular complexity index is 2290. The molecule has 1 unspecified atom stereocenters. The predicted molar refractivity (Wildman–Crippen MR) is 215 cm³/mol. The minimum Gasteiger partial charge on any atom is -0.493 e. The number of anilines is 2. The van der Waals surface area contributed by atoms with Crippen molar-refractivity contribution in [2.75, 3.05) is 62.7 Å². The Hall–Kier alpha value is -5.58. The summed E-state index contributed by atoms with van der Waals surface area (Å²) in [6, 6.07) is 20.3. The van der Waals surface area contributed by atoms with Gasteiger partial charge in [0.25, 0.3) is 5.91 Å². The van der Waals surface area contributed by atoms with Crippen LogP contribution >= 0.6 is 11.3 Å². The monoisotopic (exact) mass is 816 g/mol. The molecule has 4 heterocycles. The van der Waals surface area contributed by atoms with Crippen molar-refractivity contribution in [1.82, 2.24) is 19.8 Å². The number of carbonyl (C=O) groups is 3. The smallest absolute Gasteiger partial charge is 0.405 e. The molecule has 1 saturated heterocycles. The Kier molecular flexibility index (Phi) is 12.3. The Balaban J connectivity index is 1.02. The molecule has 16 heteroatoms. The molecule has 0 radical (unpaired) electrons. The summed E-state index contributed by atoms with van der Waals surface area (Å²) in [5, 5.41) is 13.8. The van der Waals surface area contributed by atoms with Gasteiger partial charge >= 0.3 is 18.1 Å². The van der Waals surface area contributed by atoms with Gasteiger partial charge in [-0.3, -0.25) is 24.7 Å². The maximum absolute atomic E-state index is 14.0. The van der Waals surface area contributed by atoms with Crippen molar-refractivity contribution in [2.45, 2.75) is 45.5 Å². The lowest BCUT2D eigenvalue weighted by atomic mass is 9.94. The molecule has 7 rings (SSSR count). The number of amides is 1. The molecular formula is C42H43F3N6O6S. The molecule has 2 aliphatic rings. The van der Waals surface area contributed by atoms with Gasteiger partial charge < -0.3 is 19.5 Å². The van der Waals surface area contributed by atoms with E-state index in [9.17, 15) is 32.7 Å². The van der Waals surface area contributed by atoms with Crippen LogP contribution in [0.5, 0.6) is 5.75 Å². The number of piperazine rings is 1. The van der Waals surface area contributed by atoms with Gasteiger partial charge in [-0.1, -0.05) is 47.7 Å². The Morgan fingerprint density at radius 1 is 0.966 bits per heavy atom. The van der Waals surface area contributed by atoms with Gasteiger partial charge in [-0.05, 0) is 85.3 Å². The highest BCUT2D eigenvalue weighted by Crippen LogP contribution is 2.35. The number of hydrogen-bond acceptors (Lipinski definition) is 11. The molecule has 0 spiro atoms. The zero-order valence-corrected chi connectivity index (χ0v) is 32.9. The van der Waals surface area contributed by atoms with Crippen LogP contribution in [0.4, 0.5) is 24.1 Å². The molecule has 2 N–H and O–H groups in total. The van der Waals surface area contributed by atoms with E-state index in [-0.39, 0.29) is 51.0 Å². The summed E-state index contributed by atoms with van der Waals surface area (Å²) in [4.78, 5) is 52.1. The molecule has 304 valence electrons. The fourth-order valence-electron chi connectivity index (χ4n) is 7.59. The van der Waals surface area contributed by atoms with Crippen molar-refractivity contribution in [3.05, 3.63) is 101 Å². The fraction of sp³-hybridized carbons (Fsp3) is 0.357. The zero-order chi connectivity index (χ0) is 41.0. The number of carboxylic acid groups (broad SMARTS) is 1. The molecule has 0 saturated carbocycles. The molecule has 1 atom stereocenters. The van der Waals surface area contributed by atoms with Crippen LogP contribution in [0.3, 0.4) is 0 Å². The number of carboxylic acids is 1. The summed E-state index contributed by atoms with van der Waals surface area (Å²) < 4.78 is 54.0. The highest BCUT2D eigenvalue weighted by atomic mass is 32.1. The summed E-state index contributed by atoms with van der Waals surface area (Å²) in [5.74, 6) is -1.10. The molecule has 3 aromatic carbocycles. The lowest BCUT2D eigenvalue weighted by Gasteiger charge is -2.41. The van der Waals surface area contributed by atoms with Gasteiger partial charge in [0.05, 0.1) is 30.0 Å². The van der Waals surface area contributed by atoms with Crippen LogP contribution in [0.2, 0.25) is 0 Å². The number of nitrogens with zero attached hydrogens (tertiary/aromatic N) is 5. The highest BCUT2D eigenvalue weighted by Gasteiger charge is 2.46. The molecule has 2 aliphatic heterocycles. The third kappa shape index (κ3) is 9.09. The van der Waals surface area contributed by atoms with Crippen LogP contribution in [-0.4, -0.2) is 107 Å². The van der Waals surface area contributed by atoms with Gasteiger partial charge in [-0.15, -0.1) is 0 Å². The topological polar surface area (TPSA) is 137 Å². The Morgan fingerprint density at radius 2 is 1.78 bits per heavy atom. The van der Waals surface area contributed by atoms with Crippen LogP contribution in [0, 0.1) is 6.92 Å². The molecule has 12 nitrogen and oxygen atoms in total. The van der Waals surface area contributed by atoms with E-state index < -0.39 is 24.2 Å². The van der Waals surface area contributed by atoms with E-state index in [2.05, 4.69) is 15.3 Å². The summed E-state index contributed by atoms with van der Waals surface area (Å²) in [6.45, 7) is 4.75. The fourth-order valence-corrected chi connectivity index (χ4v) is 8.45. The third-order valence-electron chi connectivity index (χ3n) is 10.5. The molecule has 5 aromatic rings. The van der Waals surface area contributed by atoms with E-state index in [4.69, 9.17) is 9.47 Å². The van der Waals surface area contributed by atoms with Crippen LogP contribution in [0.1, 0.15) is 50.9 Å². The highest BCUT2D eigenvalue weighted by molar-refractivity contribution is 7.22. The zero-order valence-electron chi connectivity index (χ0n) is 32.1. The maximum Gasteiger partial charge on any atom is 0.405 e. The van der Waals surface area contributed by atoms with E-state index in [0.717, 1.165) is 21.3 Å². The van der Waals surface area contributed by atoms with E-state index in [0.29, 0.717) is 71.4 Å². The minimum atomic E-state index is -4.47. The first kappa shape index (κ1) is 40.6. The van der Waals surface area contributed by atoms with Crippen LogP contribution in [0.15, 0.2) is 72.8 Å². The standard InChI is InChI=1S/C42H43F3N6O6S/c1-3-56-37(52)25-49-20-21-50(35(24-49)42(43,44)45)18-8-22-57-33-13-7-10-28(26(33)2)29-15-16-36(47-38(29)40(54)55)51-19-17-27-9-6-11-30(31(27)23-51)39(53)48-41-46-32-12-4-5-14-34(32)58-41/h4-7,9-16,35H,3,8,17-25H2,1-2H3,(H,54,55)(H,46,48,53). The number of aromatic carboxylic acids is 1. The number of para-hydroxylation sites is 1. The lowest BCUT2D eigenvalue weighted by Crippen LogP contribution is -2.59. The van der Waals surface area contributed by atoms with Crippen LogP contribution in [-0.2, 0) is 22.5 Å². The number of esters is 1. The predicted octanol–water partition coefficient (Wildman–Crippen LogP) is 7.06. The summed E-state index contributed by atoms with van der Waals surface area (Å²) in [6.07, 6.45) is -3.53. The largest absolute Gasteiger partial charge is 0.493 e. The number of carbonyl (C=O) groups excluding carboxylic acids is 2. The number of nitrogens with one attached hydrogen (secondary N) is 1. The van der Waals surface area contributed by atoms with Crippen LogP contribution in [0.25, 0.3) is 21.3 Å². The van der Waals surface area contributed by atoms with Gasteiger partial charge in [0.1, 0.15) is 17.6 Å². The van der Waals surface area contributed by atoms with E-state index >= 15 is 0 Å². The Labute approximate surface area is 337 Å². The summed E-state index contributed by atoms with van der Waals surface area (Å²) >= 11 is 1.40. The number of alkyl halides is 3. The first-order chi connectivity index (χ1) is 27.9. The second kappa shape index (κ2) is 17.5. The molecular weight excluding hydrogens is 774 g/mol. The van der Waals surface area contributed by atoms with Gasteiger partial charge in [0.2, 0.25) is 0 Å². The van der Waals surface area contributed by atoms with Crippen LogP contribution < -0.4 is 15.0 Å². The summed E-state index contributed by atoms with van der Waals surface area (Å²) in [5.41, 5.74) is 4.69. The van der Waals surface area contributed by atoms with Gasteiger partial charge in [-0.25, -0.2) is 14.8 Å². The number of benzene rings is 3. The second-order valence-corrected chi connectivity index (χ2v) is 15.2. The molecule has 2 aromatic heterocycles. The van der Waals surface area contributed by atoms with E-state index in [1.54, 1.807) is 50.2 Å². The quantitative estimate of drug-likeness (QED) is 0.0934. The number of thiazole rings is 1. The maximum atomic E-state index is 14.0. The van der Waals surface area contributed by atoms with Crippen molar-refractivity contribution < 1.29 is 42.1 Å². The number of rotatable bonds is 13. The number of fused-ring (bicyclic) bond motifs is 2. The minimum absolute atomic E-state index is 0.137. The second-order valence-electron chi connectivity index (χ2n) is 14.2. The SMILES string of the molecule is CCOC(=O)CN1CCN(CCCOc2cccc(-c3ccc(N4CCc5cccc(C(=O)Nc6nc7ccccc7s6)c5C4)nc3C(=O)O)c2C)C(C(F)(F)F)C1. The normalized spacial score (nSPS) is 16.2. The van der Waals surface area contributed by atoms with Gasteiger partial charge in [0, 0.05) is 50.4 Å². The van der Waals surface area contributed by atoms with Crippen molar-refractivity contribution in [2.24, 2.45) is 0 Å². The first-order valence-electron chi connectivity index (χ1n) is 19.1. The van der Waals surface area contributed by atoms with Crippen molar-refractivity contribution in [3.8, 4) is 16.9 Å². The molecule has 0 aliphatic carbocycles. The van der Waals surface area contributed by atoms with E-state index in [1.807, 2.05) is 41.3 Å². The molecule has 58 heavy (non-hydrogen) atoms. The third-order valence-corrected chi connectivity index (χ3v) is 11.4. The summed E-state index contributed by atoms with van der Waals surface area (Å²) in [7, 11) is 0.